The summed E-state index contributed by atoms with van der Waals surface area (Å²) >= 11 is 0. The van der Waals surface area contributed by atoms with Crippen molar-refractivity contribution < 1.29 is 0 Å². The van der Waals surface area contributed by atoms with Crippen LogP contribution in [0.25, 0.3) is 66.8 Å². The molecule has 0 unspecified atom stereocenters. The summed E-state index contributed by atoms with van der Waals surface area (Å²) in [6.07, 6.45) is 0. The Balaban J connectivity index is 1.01. The van der Waals surface area contributed by atoms with Crippen LogP contribution in [0.5, 0.6) is 0 Å². The zero-order chi connectivity index (χ0) is 47.5. The summed E-state index contributed by atoms with van der Waals surface area (Å²) in [6, 6.07) is 94.8. The molecule has 0 amide bonds. The smallest absolute Gasteiger partial charge is 0.0726 e. The fourth-order valence-electron chi connectivity index (χ4n) is 14.8. The number of benzene rings is 11. The highest BCUT2D eigenvalue weighted by molar-refractivity contribution is 6.00. The van der Waals surface area contributed by atoms with Gasteiger partial charge in [-0.25, -0.2) is 0 Å². The van der Waals surface area contributed by atoms with Gasteiger partial charge in [-0.05, 0) is 159 Å². The average molecular weight is 914 g/mol. The number of nitrogens with zero attached hydrogens (tertiary/aromatic N) is 1. The number of hydrogen-bond donors (Lipinski definition) is 0. The summed E-state index contributed by atoms with van der Waals surface area (Å²) in [7, 11) is 0. The molecule has 0 aromatic heterocycles. The molecule has 0 aliphatic heterocycles. The summed E-state index contributed by atoms with van der Waals surface area (Å²) in [6.45, 7) is 4.82. The zero-order valence-corrected chi connectivity index (χ0v) is 40.1. The van der Waals surface area contributed by atoms with Gasteiger partial charge in [-0.1, -0.05) is 226 Å². The molecule has 11 aromatic rings. The van der Waals surface area contributed by atoms with E-state index in [1.54, 1.807) is 0 Å². The molecule has 0 bridgehead atoms. The molecular formula is C71H47N. The van der Waals surface area contributed by atoms with Crippen LogP contribution in [0.4, 0.5) is 17.1 Å². The van der Waals surface area contributed by atoms with E-state index in [0.29, 0.717) is 0 Å². The van der Waals surface area contributed by atoms with Crippen molar-refractivity contribution in [3.05, 3.63) is 304 Å². The Bertz CT molecular complexity index is 3830. The lowest BCUT2D eigenvalue weighted by atomic mass is 9.70. The minimum atomic E-state index is -0.488. The molecular weight excluding hydrogens is 867 g/mol. The third-order valence-corrected chi connectivity index (χ3v) is 17.5. The van der Waals surface area contributed by atoms with Crippen molar-refractivity contribution in [1.82, 2.24) is 0 Å². The Morgan fingerprint density at radius 3 is 0.931 bits per heavy atom. The van der Waals surface area contributed by atoms with E-state index >= 15 is 0 Å². The molecule has 11 aromatic carbocycles. The molecule has 72 heavy (non-hydrogen) atoms. The summed E-state index contributed by atoms with van der Waals surface area (Å²) in [5.74, 6) is 0. The van der Waals surface area contributed by atoms with Gasteiger partial charge in [-0.15, -0.1) is 0 Å². The van der Waals surface area contributed by atoms with Gasteiger partial charge in [-0.3, -0.25) is 0 Å². The molecule has 0 saturated heterocycles. The first-order chi connectivity index (χ1) is 35.5. The van der Waals surface area contributed by atoms with E-state index in [0.717, 1.165) is 17.1 Å². The van der Waals surface area contributed by atoms with Crippen LogP contribution < -0.4 is 4.90 Å². The standard InChI is InChI=1S/C71H47N/c1-69(2)59-29-13-6-28-54(59)58-41-47(40-57(68(58)69)44-20-4-3-5-21-44)72(45-36-38-55-52-26-11-18-34-64(52)70(66(55)42-45)60-30-14-7-22-48(60)49-23-8-15-31-61(49)70)46-37-39-56-53-27-12-19-35-65(53)71(67(56)43-46)62-32-16-9-24-50(62)51-25-10-17-33-63(51)71/h3-43H,1-2H3. The van der Waals surface area contributed by atoms with Crippen molar-refractivity contribution >= 4 is 17.1 Å². The van der Waals surface area contributed by atoms with Gasteiger partial charge in [0.1, 0.15) is 0 Å². The zero-order valence-electron chi connectivity index (χ0n) is 40.1. The first-order valence-corrected chi connectivity index (χ1v) is 25.5. The Kier molecular flexibility index (Phi) is 7.88. The first kappa shape index (κ1) is 40.0. The van der Waals surface area contributed by atoms with Crippen molar-refractivity contribution in [3.63, 3.8) is 0 Å². The summed E-state index contributed by atoms with van der Waals surface area (Å²) in [5.41, 5.74) is 31.2. The molecule has 2 spiro atoms. The minimum Gasteiger partial charge on any atom is -0.310 e. The van der Waals surface area contributed by atoms with Crippen LogP contribution >= 0.6 is 0 Å². The third-order valence-electron chi connectivity index (χ3n) is 17.5. The highest BCUT2D eigenvalue weighted by Crippen LogP contribution is 2.66. The van der Waals surface area contributed by atoms with Gasteiger partial charge in [0.2, 0.25) is 0 Å². The topological polar surface area (TPSA) is 3.24 Å². The maximum Gasteiger partial charge on any atom is 0.0726 e. The van der Waals surface area contributed by atoms with Crippen LogP contribution in [0.2, 0.25) is 0 Å². The van der Waals surface area contributed by atoms with Crippen molar-refractivity contribution in [2.24, 2.45) is 0 Å². The second-order valence-corrected chi connectivity index (χ2v) is 21.0. The Morgan fingerprint density at radius 1 is 0.236 bits per heavy atom. The van der Waals surface area contributed by atoms with E-state index in [4.69, 9.17) is 0 Å². The fourth-order valence-corrected chi connectivity index (χ4v) is 14.8. The average Bonchev–Trinajstić information content (AvgIpc) is 4.17. The number of hydrogen-bond acceptors (Lipinski definition) is 1. The van der Waals surface area contributed by atoms with E-state index < -0.39 is 10.8 Å². The van der Waals surface area contributed by atoms with Gasteiger partial charge in [-0.2, -0.15) is 0 Å². The van der Waals surface area contributed by atoms with E-state index in [2.05, 4.69) is 267 Å². The maximum absolute atomic E-state index is 2.59. The van der Waals surface area contributed by atoms with E-state index in [-0.39, 0.29) is 5.41 Å². The lowest BCUT2D eigenvalue weighted by Crippen LogP contribution is -2.26. The van der Waals surface area contributed by atoms with E-state index in [1.165, 1.54) is 122 Å². The van der Waals surface area contributed by atoms with Crippen molar-refractivity contribution in [1.29, 1.82) is 0 Å². The Hall–Kier alpha value is -8.78. The predicted octanol–water partition coefficient (Wildman–Crippen LogP) is 17.8. The molecule has 336 valence electrons. The number of anilines is 3. The monoisotopic (exact) mass is 913 g/mol. The summed E-state index contributed by atoms with van der Waals surface area (Å²) in [5, 5.41) is 0. The molecule has 0 heterocycles. The number of fused-ring (bicyclic) bond motifs is 23. The first-order valence-electron chi connectivity index (χ1n) is 25.5. The second-order valence-electron chi connectivity index (χ2n) is 21.0. The van der Waals surface area contributed by atoms with E-state index in [9.17, 15) is 0 Å². The quantitative estimate of drug-likeness (QED) is 0.170. The lowest BCUT2D eigenvalue weighted by Gasteiger charge is -2.34. The molecule has 16 rings (SSSR count). The normalized spacial score (nSPS) is 15.1. The molecule has 0 fully saturated rings. The van der Waals surface area contributed by atoms with Crippen LogP contribution in [-0.4, -0.2) is 0 Å². The van der Waals surface area contributed by atoms with Gasteiger partial charge in [0.25, 0.3) is 0 Å². The van der Waals surface area contributed by atoms with Crippen molar-refractivity contribution in [3.8, 4) is 66.8 Å². The van der Waals surface area contributed by atoms with Crippen molar-refractivity contribution in [2.45, 2.75) is 30.1 Å². The van der Waals surface area contributed by atoms with Crippen LogP contribution in [-0.2, 0) is 16.2 Å². The highest BCUT2D eigenvalue weighted by atomic mass is 15.1. The maximum atomic E-state index is 2.59. The molecule has 0 saturated carbocycles. The Labute approximate surface area is 421 Å². The van der Waals surface area contributed by atoms with Gasteiger partial charge in [0, 0.05) is 22.5 Å². The lowest BCUT2D eigenvalue weighted by molar-refractivity contribution is 0.662. The van der Waals surface area contributed by atoms with Gasteiger partial charge >= 0.3 is 0 Å². The minimum absolute atomic E-state index is 0.204. The van der Waals surface area contributed by atoms with Crippen LogP contribution in [0.15, 0.2) is 249 Å². The van der Waals surface area contributed by atoms with Gasteiger partial charge in [0.05, 0.1) is 10.8 Å². The van der Waals surface area contributed by atoms with Crippen molar-refractivity contribution in [2.75, 3.05) is 4.90 Å². The molecule has 0 radical (unpaired) electrons. The fraction of sp³-hybridized carbons (Fsp3) is 0.0704. The number of rotatable bonds is 4. The summed E-state index contributed by atoms with van der Waals surface area (Å²) < 4.78 is 0. The Morgan fingerprint density at radius 2 is 0.542 bits per heavy atom. The van der Waals surface area contributed by atoms with E-state index in [1.807, 2.05) is 0 Å². The largest absolute Gasteiger partial charge is 0.310 e. The predicted molar refractivity (Wildman–Crippen MR) is 297 cm³/mol. The summed E-state index contributed by atoms with van der Waals surface area (Å²) in [4.78, 5) is 2.59. The second kappa shape index (κ2) is 14.2. The molecule has 5 aliphatic carbocycles. The highest BCUT2D eigenvalue weighted by Gasteiger charge is 2.53. The SMILES string of the molecule is CC1(C)c2ccccc2-c2cc(N(c3ccc4c(c3)C3(c5ccccc5-c5ccccc53)c3ccccc3-4)c3ccc4c(c3)C3(c5ccccc5-c5ccccc53)c3ccccc3-4)cc(-c3ccccc3)c21. The van der Waals surface area contributed by atoms with Gasteiger partial charge < -0.3 is 4.90 Å². The molecule has 1 nitrogen and oxygen atoms in total. The van der Waals surface area contributed by atoms with Crippen LogP contribution in [0, 0.1) is 0 Å². The van der Waals surface area contributed by atoms with Gasteiger partial charge in [0.15, 0.2) is 0 Å². The molecule has 5 aliphatic rings. The van der Waals surface area contributed by atoms with Crippen LogP contribution in [0.3, 0.4) is 0 Å². The molecule has 0 N–H and O–H groups in total. The molecule has 0 atom stereocenters. The molecule has 1 heteroatoms. The van der Waals surface area contributed by atoms with Crippen LogP contribution in [0.1, 0.15) is 69.5 Å². The third kappa shape index (κ3) is 4.84.